The van der Waals surface area contributed by atoms with Gasteiger partial charge in [0.25, 0.3) is 0 Å². The summed E-state index contributed by atoms with van der Waals surface area (Å²) in [6.07, 6.45) is 3.28. The average molecular weight is 647 g/mol. The first-order valence-corrected chi connectivity index (χ1v) is 17.2. The van der Waals surface area contributed by atoms with Crippen molar-refractivity contribution in [2.24, 2.45) is 0 Å². The first kappa shape index (κ1) is 34.4. The molecular weight excluding hydrogens is 605 g/mol. The van der Waals surface area contributed by atoms with Crippen molar-refractivity contribution in [2.75, 3.05) is 17.1 Å². The van der Waals surface area contributed by atoms with E-state index in [2.05, 4.69) is 5.32 Å². The Kier molecular flexibility index (Phi) is 12.9. The minimum absolute atomic E-state index is 0.0169. The number of hydrogen-bond acceptors (Lipinski definition) is 4. The van der Waals surface area contributed by atoms with Gasteiger partial charge in [0.15, 0.2) is 0 Å². The third-order valence-electron chi connectivity index (χ3n) is 7.45. The normalized spacial score (nSPS) is 12.8. The van der Waals surface area contributed by atoms with Crippen LogP contribution in [0, 0.1) is 0 Å². The zero-order valence-corrected chi connectivity index (χ0v) is 27.6. The molecule has 0 aliphatic rings. The molecule has 0 fully saturated rings. The van der Waals surface area contributed by atoms with Gasteiger partial charge in [0.2, 0.25) is 21.8 Å². The molecule has 0 spiro atoms. The molecule has 0 radical (unpaired) electrons. The van der Waals surface area contributed by atoms with Crippen LogP contribution < -0.4 is 9.62 Å². The Morgan fingerprint density at radius 3 is 2.07 bits per heavy atom. The summed E-state index contributed by atoms with van der Waals surface area (Å²) in [5.41, 5.74) is 3.08. The molecule has 0 aromatic heterocycles. The van der Waals surface area contributed by atoms with Crippen molar-refractivity contribution in [1.29, 1.82) is 0 Å². The zero-order chi connectivity index (χ0) is 31.6. The Morgan fingerprint density at radius 2 is 1.51 bits per heavy atom. The molecule has 0 bridgehead atoms. The molecule has 43 heavy (non-hydrogen) atoms. The Hall–Kier alpha value is -3.07. The highest BCUT2D eigenvalue weighted by Crippen LogP contribution is 2.28. The molecule has 0 aliphatic carbocycles. The van der Waals surface area contributed by atoms with E-state index in [1.54, 1.807) is 30.3 Å². The second-order valence-corrected chi connectivity index (χ2v) is 13.4. The second-order valence-electron chi connectivity index (χ2n) is 10.7. The Bertz CT molecular complexity index is 1450. The SMILES string of the molecule is CCc1ccc(N(CCCC(=O)N(Cc2c(Cl)cccc2Cl)[C@H](Cc2ccccc2)C(=O)N[C@@H](C)CC)S(C)(=O)=O)cc1. The van der Waals surface area contributed by atoms with Gasteiger partial charge >= 0.3 is 0 Å². The van der Waals surface area contributed by atoms with Crippen molar-refractivity contribution in [3.8, 4) is 0 Å². The molecule has 0 aliphatic heterocycles. The first-order valence-electron chi connectivity index (χ1n) is 14.6. The van der Waals surface area contributed by atoms with Crippen molar-refractivity contribution in [3.63, 3.8) is 0 Å². The monoisotopic (exact) mass is 645 g/mol. The van der Waals surface area contributed by atoms with Crippen LogP contribution in [0.15, 0.2) is 72.8 Å². The lowest BCUT2D eigenvalue weighted by Crippen LogP contribution is -2.52. The lowest BCUT2D eigenvalue weighted by molar-refractivity contribution is -0.141. The van der Waals surface area contributed by atoms with Crippen molar-refractivity contribution < 1.29 is 18.0 Å². The number of carbonyl (C=O) groups excluding carboxylic acids is 2. The Morgan fingerprint density at radius 1 is 0.884 bits per heavy atom. The number of sulfonamides is 1. The molecule has 7 nitrogen and oxygen atoms in total. The van der Waals surface area contributed by atoms with E-state index in [0.717, 1.165) is 30.2 Å². The van der Waals surface area contributed by atoms with Gasteiger partial charge in [-0.05, 0) is 61.6 Å². The molecule has 0 unspecified atom stereocenters. The van der Waals surface area contributed by atoms with Gasteiger partial charge in [0, 0.05) is 47.6 Å². The van der Waals surface area contributed by atoms with Gasteiger partial charge in [0.05, 0.1) is 11.9 Å². The number of anilines is 1. The van der Waals surface area contributed by atoms with Gasteiger partial charge in [-0.25, -0.2) is 8.42 Å². The number of hydrogen-bond donors (Lipinski definition) is 1. The molecule has 3 aromatic carbocycles. The smallest absolute Gasteiger partial charge is 0.243 e. The molecule has 1 N–H and O–H groups in total. The molecule has 2 amide bonds. The van der Waals surface area contributed by atoms with Crippen LogP contribution in [0.2, 0.25) is 10.0 Å². The van der Waals surface area contributed by atoms with E-state index >= 15 is 0 Å². The quantitative estimate of drug-likeness (QED) is 0.200. The predicted molar refractivity (Wildman–Crippen MR) is 176 cm³/mol. The van der Waals surface area contributed by atoms with Crippen LogP contribution in [0.4, 0.5) is 5.69 Å². The molecule has 232 valence electrons. The maximum Gasteiger partial charge on any atom is 0.243 e. The highest BCUT2D eigenvalue weighted by Gasteiger charge is 2.32. The number of rotatable bonds is 15. The van der Waals surface area contributed by atoms with Crippen LogP contribution in [0.3, 0.4) is 0 Å². The topological polar surface area (TPSA) is 86.8 Å². The summed E-state index contributed by atoms with van der Waals surface area (Å²) in [6.45, 7) is 6.06. The largest absolute Gasteiger partial charge is 0.352 e. The highest BCUT2D eigenvalue weighted by molar-refractivity contribution is 7.92. The molecule has 0 heterocycles. The van der Waals surface area contributed by atoms with Crippen molar-refractivity contribution in [3.05, 3.63) is 99.5 Å². The standard InChI is InChI=1S/C33H41Cl2N3O4S/c1-5-24(3)36-33(40)31(22-26-12-8-7-9-13-26)37(23-28-29(34)14-10-15-30(28)35)32(39)16-11-21-38(43(4,41)42)27-19-17-25(6-2)18-20-27/h7-10,12-15,17-20,24,31H,5-6,11,16,21-23H2,1-4H3,(H,36,40)/t24-,31+/m0/s1. The Balaban J connectivity index is 1.92. The molecule has 0 saturated carbocycles. The number of aryl methyl sites for hydroxylation is 1. The number of halogens is 2. The van der Waals surface area contributed by atoms with Crippen LogP contribution in [-0.4, -0.2) is 50.0 Å². The fourth-order valence-corrected chi connectivity index (χ4v) is 6.23. The summed E-state index contributed by atoms with van der Waals surface area (Å²) in [7, 11) is -3.59. The second kappa shape index (κ2) is 16.1. The molecule has 2 atom stereocenters. The summed E-state index contributed by atoms with van der Waals surface area (Å²) in [5.74, 6) is -0.575. The fourth-order valence-electron chi connectivity index (χ4n) is 4.75. The van der Waals surface area contributed by atoms with Crippen molar-refractivity contribution in [1.82, 2.24) is 10.2 Å². The van der Waals surface area contributed by atoms with E-state index in [9.17, 15) is 18.0 Å². The summed E-state index contributed by atoms with van der Waals surface area (Å²) in [5, 5.41) is 3.83. The number of benzene rings is 3. The van der Waals surface area contributed by atoms with E-state index in [1.807, 2.05) is 63.2 Å². The third-order valence-corrected chi connectivity index (χ3v) is 9.35. The van der Waals surface area contributed by atoms with Gasteiger partial charge in [-0.3, -0.25) is 13.9 Å². The zero-order valence-electron chi connectivity index (χ0n) is 25.2. The predicted octanol–water partition coefficient (Wildman–Crippen LogP) is 6.66. The number of nitrogens with one attached hydrogen (secondary N) is 1. The first-order chi connectivity index (χ1) is 20.4. The van der Waals surface area contributed by atoms with E-state index in [1.165, 1.54) is 9.21 Å². The summed E-state index contributed by atoms with van der Waals surface area (Å²) in [4.78, 5) is 29.2. The van der Waals surface area contributed by atoms with Crippen LogP contribution in [0.5, 0.6) is 0 Å². The van der Waals surface area contributed by atoms with Crippen LogP contribution in [-0.2, 0) is 39.0 Å². The summed E-state index contributed by atoms with van der Waals surface area (Å²) in [6, 6.07) is 21.1. The van der Waals surface area contributed by atoms with Gasteiger partial charge in [-0.15, -0.1) is 0 Å². The van der Waals surface area contributed by atoms with Crippen LogP contribution in [0.25, 0.3) is 0 Å². The molecule has 3 rings (SSSR count). The van der Waals surface area contributed by atoms with E-state index < -0.39 is 16.1 Å². The fraction of sp³-hybridized carbons (Fsp3) is 0.394. The number of nitrogens with zero attached hydrogens (tertiary/aromatic N) is 2. The number of amides is 2. The van der Waals surface area contributed by atoms with E-state index in [0.29, 0.717) is 21.3 Å². The van der Waals surface area contributed by atoms with Gasteiger partial charge < -0.3 is 10.2 Å². The average Bonchev–Trinajstić information content (AvgIpc) is 2.98. The Labute approximate surface area is 266 Å². The molecule has 3 aromatic rings. The van der Waals surface area contributed by atoms with Crippen LogP contribution >= 0.6 is 23.2 Å². The number of carbonyl (C=O) groups is 2. The van der Waals surface area contributed by atoms with Crippen LogP contribution in [0.1, 0.15) is 56.7 Å². The van der Waals surface area contributed by atoms with Gasteiger partial charge in [-0.1, -0.05) is 85.6 Å². The molecule has 10 heteroatoms. The lowest BCUT2D eigenvalue weighted by atomic mass is 10.0. The van der Waals surface area contributed by atoms with Crippen molar-refractivity contribution in [2.45, 2.75) is 71.5 Å². The van der Waals surface area contributed by atoms with E-state index in [-0.39, 0.29) is 50.2 Å². The summed E-state index contributed by atoms with van der Waals surface area (Å²) >= 11 is 13.0. The lowest BCUT2D eigenvalue weighted by Gasteiger charge is -2.33. The molecule has 0 saturated heterocycles. The van der Waals surface area contributed by atoms with Gasteiger partial charge in [-0.2, -0.15) is 0 Å². The highest BCUT2D eigenvalue weighted by atomic mass is 35.5. The van der Waals surface area contributed by atoms with E-state index in [4.69, 9.17) is 23.2 Å². The minimum Gasteiger partial charge on any atom is -0.352 e. The van der Waals surface area contributed by atoms with Crippen molar-refractivity contribution >= 4 is 50.7 Å². The molecular formula is C33H41Cl2N3O4S. The maximum absolute atomic E-state index is 14.0. The minimum atomic E-state index is -3.59. The van der Waals surface area contributed by atoms with Gasteiger partial charge in [0.1, 0.15) is 6.04 Å². The third kappa shape index (κ3) is 9.98. The summed E-state index contributed by atoms with van der Waals surface area (Å²) < 4.78 is 26.7. The maximum atomic E-state index is 14.0.